The first-order valence-electron chi connectivity index (χ1n) is 8.87. The van der Waals surface area contributed by atoms with Gasteiger partial charge in [0.15, 0.2) is 0 Å². The minimum Gasteiger partial charge on any atom is -0.348 e. The van der Waals surface area contributed by atoms with E-state index in [-0.39, 0.29) is 11.8 Å². The molecule has 0 bridgehead atoms. The highest BCUT2D eigenvalue weighted by atomic mass is 16.2. The Morgan fingerprint density at radius 3 is 2.46 bits per heavy atom. The topological polar surface area (TPSA) is 49.4 Å². The Morgan fingerprint density at radius 2 is 1.73 bits per heavy atom. The molecule has 1 saturated heterocycles. The maximum Gasteiger partial charge on any atom is 0.251 e. The largest absolute Gasteiger partial charge is 0.348 e. The molecule has 0 spiro atoms. The molecule has 0 aliphatic carbocycles. The summed E-state index contributed by atoms with van der Waals surface area (Å²) in [6.45, 7) is 1.24. The summed E-state index contributed by atoms with van der Waals surface area (Å²) in [5.74, 6) is 0.0379. The van der Waals surface area contributed by atoms with Crippen LogP contribution in [0.2, 0.25) is 0 Å². The minimum atomic E-state index is -0.113. The third-order valence-corrected chi connectivity index (χ3v) is 4.78. The van der Waals surface area contributed by atoms with Gasteiger partial charge >= 0.3 is 0 Å². The first-order valence-corrected chi connectivity index (χ1v) is 8.87. The van der Waals surface area contributed by atoms with Crippen LogP contribution in [-0.2, 0) is 11.3 Å². The summed E-state index contributed by atoms with van der Waals surface area (Å²) in [6, 6.07) is 21.6. The molecule has 0 aromatic heterocycles. The molecule has 1 fully saturated rings. The zero-order valence-corrected chi connectivity index (χ0v) is 14.4. The van der Waals surface area contributed by atoms with Gasteiger partial charge in [0.05, 0.1) is 0 Å². The SMILES string of the molecule is O=C(NCc1ccc2ccccc2c1)c1ccc(N2CCCC2=O)cc1. The predicted molar refractivity (Wildman–Crippen MR) is 103 cm³/mol. The van der Waals surface area contributed by atoms with E-state index in [2.05, 4.69) is 29.6 Å². The highest BCUT2D eigenvalue weighted by Gasteiger charge is 2.21. The number of fused-ring (bicyclic) bond motifs is 1. The Balaban J connectivity index is 1.41. The van der Waals surface area contributed by atoms with Crippen LogP contribution in [0.1, 0.15) is 28.8 Å². The maximum atomic E-state index is 12.4. The normalized spacial score (nSPS) is 14.0. The van der Waals surface area contributed by atoms with Crippen LogP contribution in [-0.4, -0.2) is 18.4 Å². The molecule has 2 amide bonds. The van der Waals surface area contributed by atoms with Crippen molar-refractivity contribution in [3.05, 3.63) is 77.9 Å². The lowest BCUT2D eigenvalue weighted by atomic mass is 10.1. The Labute approximate surface area is 152 Å². The molecule has 4 heteroatoms. The van der Waals surface area contributed by atoms with Crippen LogP contribution in [0.5, 0.6) is 0 Å². The number of nitrogens with one attached hydrogen (secondary N) is 1. The van der Waals surface area contributed by atoms with Crippen molar-refractivity contribution in [3.63, 3.8) is 0 Å². The molecule has 0 unspecified atom stereocenters. The van der Waals surface area contributed by atoms with Crippen molar-refractivity contribution in [2.24, 2.45) is 0 Å². The fourth-order valence-electron chi connectivity index (χ4n) is 3.35. The van der Waals surface area contributed by atoms with Gasteiger partial charge < -0.3 is 10.2 Å². The molecule has 1 N–H and O–H groups in total. The average Bonchev–Trinajstić information content (AvgIpc) is 3.12. The zero-order chi connectivity index (χ0) is 17.9. The van der Waals surface area contributed by atoms with Crippen LogP contribution >= 0.6 is 0 Å². The van der Waals surface area contributed by atoms with Gasteiger partial charge in [0.25, 0.3) is 5.91 Å². The first kappa shape index (κ1) is 16.3. The molecule has 3 aromatic rings. The van der Waals surface area contributed by atoms with Gasteiger partial charge in [0, 0.05) is 30.8 Å². The molecule has 0 radical (unpaired) electrons. The van der Waals surface area contributed by atoms with Crippen molar-refractivity contribution in [3.8, 4) is 0 Å². The number of carbonyl (C=O) groups is 2. The van der Waals surface area contributed by atoms with E-state index in [1.54, 1.807) is 17.0 Å². The molecule has 0 saturated carbocycles. The number of anilines is 1. The van der Waals surface area contributed by atoms with Crippen LogP contribution in [0.25, 0.3) is 10.8 Å². The molecule has 0 atom stereocenters. The summed E-state index contributed by atoms with van der Waals surface area (Å²) in [5, 5.41) is 5.31. The molecule has 1 heterocycles. The predicted octanol–water partition coefficient (Wildman–Crippen LogP) is 3.90. The van der Waals surface area contributed by atoms with E-state index in [9.17, 15) is 9.59 Å². The van der Waals surface area contributed by atoms with E-state index in [1.165, 1.54) is 10.8 Å². The standard InChI is InChI=1S/C22H20N2O2/c25-21-6-3-13-24(21)20-11-9-18(10-12-20)22(26)23-15-16-7-8-17-4-1-2-5-19(17)14-16/h1-2,4-5,7-12,14H,3,6,13,15H2,(H,23,26). The lowest BCUT2D eigenvalue weighted by Gasteiger charge is -2.15. The van der Waals surface area contributed by atoms with Gasteiger partial charge in [0.2, 0.25) is 5.91 Å². The number of nitrogens with zero attached hydrogens (tertiary/aromatic N) is 1. The monoisotopic (exact) mass is 344 g/mol. The molecule has 3 aromatic carbocycles. The molecule has 26 heavy (non-hydrogen) atoms. The van der Waals surface area contributed by atoms with Crippen LogP contribution < -0.4 is 10.2 Å². The molecule has 1 aliphatic heterocycles. The summed E-state index contributed by atoms with van der Waals surface area (Å²) in [5.41, 5.74) is 2.52. The van der Waals surface area contributed by atoms with Crippen LogP contribution in [0.3, 0.4) is 0 Å². The maximum absolute atomic E-state index is 12.4. The van der Waals surface area contributed by atoms with E-state index in [1.807, 2.05) is 30.3 Å². The van der Waals surface area contributed by atoms with E-state index < -0.39 is 0 Å². The first-order chi connectivity index (χ1) is 12.7. The van der Waals surface area contributed by atoms with Gasteiger partial charge in [0.1, 0.15) is 0 Å². The Kier molecular flexibility index (Phi) is 4.40. The second kappa shape index (κ2) is 7.00. The highest BCUT2D eigenvalue weighted by Crippen LogP contribution is 2.21. The van der Waals surface area contributed by atoms with Gasteiger partial charge in [-0.25, -0.2) is 0 Å². The molecule has 1 aliphatic rings. The average molecular weight is 344 g/mol. The molecular weight excluding hydrogens is 324 g/mol. The third-order valence-electron chi connectivity index (χ3n) is 4.78. The lowest BCUT2D eigenvalue weighted by molar-refractivity contribution is -0.117. The Morgan fingerprint density at radius 1 is 0.962 bits per heavy atom. The van der Waals surface area contributed by atoms with Crippen molar-refractivity contribution < 1.29 is 9.59 Å². The summed E-state index contributed by atoms with van der Waals surface area (Å²) >= 11 is 0. The summed E-state index contributed by atoms with van der Waals surface area (Å²) in [4.78, 5) is 26.0. The van der Waals surface area contributed by atoms with Gasteiger partial charge in [-0.05, 0) is 53.1 Å². The number of hydrogen-bond acceptors (Lipinski definition) is 2. The van der Waals surface area contributed by atoms with Crippen LogP contribution in [0.4, 0.5) is 5.69 Å². The zero-order valence-electron chi connectivity index (χ0n) is 14.4. The fourth-order valence-corrected chi connectivity index (χ4v) is 3.35. The summed E-state index contributed by atoms with van der Waals surface area (Å²) in [7, 11) is 0. The number of amides is 2. The van der Waals surface area contributed by atoms with Crippen molar-refractivity contribution >= 4 is 28.3 Å². The number of hydrogen-bond donors (Lipinski definition) is 1. The second-order valence-corrected chi connectivity index (χ2v) is 6.56. The van der Waals surface area contributed by atoms with Crippen molar-refractivity contribution in [1.29, 1.82) is 0 Å². The number of benzene rings is 3. The van der Waals surface area contributed by atoms with Crippen molar-refractivity contribution in [2.75, 3.05) is 11.4 Å². The van der Waals surface area contributed by atoms with Gasteiger partial charge in [-0.1, -0.05) is 36.4 Å². The van der Waals surface area contributed by atoms with Crippen molar-refractivity contribution in [2.45, 2.75) is 19.4 Å². The Bertz CT molecular complexity index is 963. The van der Waals surface area contributed by atoms with Crippen LogP contribution in [0.15, 0.2) is 66.7 Å². The molecule has 4 nitrogen and oxygen atoms in total. The van der Waals surface area contributed by atoms with Gasteiger partial charge in [-0.15, -0.1) is 0 Å². The Hall–Kier alpha value is -3.14. The molecule has 130 valence electrons. The van der Waals surface area contributed by atoms with Gasteiger partial charge in [-0.3, -0.25) is 9.59 Å². The van der Waals surface area contributed by atoms with Gasteiger partial charge in [-0.2, -0.15) is 0 Å². The van der Waals surface area contributed by atoms with E-state index in [4.69, 9.17) is 0 Å². The molecular formula is C22H20N2O2. The third kappa shape index (κ3) is 3.31. The lowest BCUT2D eigenvalue weighted by Crippen LogP contribution is -2.24. The van der Waals surface area contributed by atoms with E-state index in [0.29, 0.717) is 18.5 Å². The second-order valence-electron chi connectivity index (χ2n) is 6.56. The van der Waals surface area contributed by atoms with Crippen molar-refractivity contribution in [1.82, 2.24) is 5.32 Å². The van der Waals surface area contributed by atoms with E-state index in [0.717, 1.165) is 24.2 Å². The number of rotatable bonds is 4. The minimum absolute atomic E-state index is 0.113. The van der Waals surface area contributed by atoms with E-state index >= 15 is 0 Å². The summed E-state index contributed by atoms with van der Waals surface area (Å²) in [6.07, 6.45) is 1.50. The molecule has 4 rings (SSSR count). The van der Waals surface area contributed by atoms with Crippen LogP contribution in [0, 0.1) is 0 Å². The number of carbonyl (C=O) groups excluding carboxylic acids is 2. The quantitative estimate of drug-likeness (QED) is 0.780. The highest BCUT2D eigenvalue weighted by molar-refractivity contribution is 5.97. The summed E-state index contributed by atoms with van der Waals surface area (Å²) < 4.78 is 0. The fraction of sp³-hybridized carbons (Fsp3) is 0.182. The smallest absolute Gasteiger partial charge is 0.251 e.